The second-order valence-corrected chi connectivity index (χ2v) is 5.11. The van der Waals surface area contributed by atoms with Gasteiger partial charge in [-0.1, -0.05) is 30.0 Å². The molecule has 120 valence electrons. The number of rotatable bonds is 1. The highest BCUT2D eigenvalue weighted by Gasteiger charge is 2.16. The van der Waals surface area contributed by atoms with Gasteiger partial charge >= 0.3 is 0 Å². The fraction of sp³-hybridized carbons (Fsp3) is 0. The molecule has 4 N–H and O–H groups in total. The smallest absolute Gasteiger partial charge is 0.222 e. The summed E-state index contributed by atoms with van der Waals surface area (Å²) >= 11 is 0. The largest absolute Gasteiger partial charge is 0.382 e. The maximum atomic E-state index is 13.7. The van der Waals surface area contributed by atoms with E-state index >= 15 is 0 Å². The summed E-state index contributed by atoms with van der Waals surface area (Å²) in [4.78, 5) is 7.88. The van der Waals surface area contributed by atoms with Crippen molar-refractivity contribution < 1.29 is 4.39 Å². The summed E-state index contributed by atoms with van der Waals surface area (Å²) in [6.45, 7) is 0. The SMILES string of the molecule is N#Cc1c(N)nc(N)nc1-c1ccc(F)cc1C#Cc1ccccc1. The number of halogens is 1. The minimum absolute atomic E-state index is 0.0312. The molecule has 0 bridgehead atoms. The Morgan fingerprint density at radius 2 is 1.72 bits per heavy atom. The van der Waals surface area contributed by atoms with Crippen molar-refractivity contribution in [2.75, 3.05) is 11.5 Å². The van der Waals surface area contributed by atoms with Crippen molar-refractivity contribution in [3.05, 3.63) is 71.0 Å². The van der Waals surface area contributed by atoms with Crippen molar-refractivity contribution in [3.8, 4) is 29.2 Å². The first-order valence-electron chi connectivity index (χ1n) is 7.28. The second-order valence-electron chi connectivity index (χ2n) is 5.11. The molecule has 0 aliphatic rings. The molecule has 0 aliphatic heterocycles. The Labute approximate surface area is 143 Å². The number of nitrogens with zero attached hydrogens (tertiary/aromatic N) is 3. The molecule has 3 rings (SSSR count). The zero-order valence-corrected chi connectivity index (χ0v) is 13.0. The Kier molecular flexibility index (Phi) is 4.28. The number of nitriles is 1. The molecule has 1 aromatic heterocycles. The van der Waals surface area contributed by atoms with E-state index in [0.717, 1.165) is 5.56 Å². The highest BCUT2D eigenvalue weighted by atomic mass is 19.1. The molecule has 0 aliphatic carbocycles. The van der Waals surface area contributed by atoms with Gasteiger partial charge in [-0.05, 0) is 30.3 Å². The Morgan fingerprint density at radius 1 is 0.960 bits per heavy atom. The molecule has 6 heteroatoms. The number of nitrogens with two attached hydrogens (primary N) is 2. The number of hydrogen-bond acceptors (Lipinski definition) is 5. The molecule has 25 heavy (non-hydrogen) atoms. The van der Waals surface area contributed by atoms with E-state index in [0.29, 0.717) is 11.1 Å². The van der Waals surface area contributed by atoms with Crippen LogP contribution in [0.5, 0.6) is 0 Å². The average Bonchev–Trinajstić information content (AvgIpc) is 2.60. The molecular formula is C19H12FN5. The van der Waals surface area contributed by atoms with Crippen LogP contribution in [-0.4, -0.2) is 9.97 Å². The van der Waals surface area contributed by atoms with Crippen molar-refractivity contribution in [2.24, 2.45) is 0 Å². The van der Waals surface area contributed by atoms with E-state index in [-0.39, 0.29) is 23.0 Å². The second kappa shape index (κ2) is 6.69. The number of benzene rings is 2. The predicted octanol–water partition coefficient (Wildman–Crippen LogP) is 2.72. The van der Waals surface area contributed by atoms with Gasteiger partial charge in [0.2, 0.25) is 5.95 Å². The number of nitrogen functional groups attached to an aromatic ring is 2. The van der Waals surface area contributed by atoms with Crippen molar-refractivity contribution in [1.29, 1.82) is 5.26 Å². The number of aromatic nitrogens is 2. The maximum Gasteiger partial charge on any atom is 0.222 e. The van der Waals surface area contributed by atoms with Crippen LogP contribution >= 0.6 is 0 Å². The summed E-state index contributed by atoms with van der Waals surface area (Å²) in [7, 11) is 0. The van der Waals surface area contributed by atoms with Crippen molar-refractivity contribution in [2.45, 2.75) is 0 Å². The third-order valence-electron chi connectivity index (χ3n) is 3.42. The monoisotopic (exact) mass is 329 g/mol. The number of hydrogen-bond donors (Lipinski definition) is 2. The molecule has 0 radical (unpaired) electrons. The van der Waals surface area contributed by atoms with E-state index in [1.165, 1.54) is 18.2 Å². The summed E-state index contributed by atoms with van der Waals surface area (Å²) in [5.41, 5.74) is 13.3. The first-order chi connectivity index (χ1) is 12.1. The molecule has 2 aromatic carbocycles. The van der Waals surface area contributed by atoms with Crippen molar-refractivity contribution in [1.82, 2.24) is 9.97 Å². The van der Waals surface area contributed by atoms with E-state index in [2.05, 4.69) is 21.8 Å². The predicted molar refractivity (Wildman–Crippen MR) is 93.4 cm³/mol. The van der Waals surface area contributed by atoms with Gasteiger partial charge in [0, 0.05) is 16.7 Å². The van der Waals surface area contributed by atoms with Crippen LogP contribution in [0.25, 0.3) is 11.3 Å². The van der Waals surface area contributed by atoms with Crippen LogP contribution in [0.3, 0.4) is 0 Å². The highest BCUT2D eigenvalue weighted by Crippen LogP contribution is 2.28. The molecule has 0 saturated carbocycles. The van der Waals surface area contributed by atoms with Crippen LogP contribution in [0.4, 0.5) is 16.2 Å². The van der Waals surface area contributed by atoms with Gasteiger partial charge in [0.05, 0.1) is 5.69 Å². The van der Waals surface area contributed by atoms with Crippen molar-refractivity contribution >= 4 is 11.8 Å². The summed E-state index contributed by atoms with van der Waals surface area (Å²) in [6.07, 6.45) is 0. The molecule has 0 fully saturated rings. The molecule has 0 amide bonds. The third-order valence-corrected chi connectivity index (χ3v) is 3.42. The average molecular weight is 329 g/mol. The first kappa shape index (κ1) is 16.0. The van der Waals surface area contributed by atoms with Crippen LogP contribution in [0, 0.1) is 29.0 Å². The molecule has 1 heterocycles. The van der Waals surface area contributed by atoms with Gasteiger partial charge in [-0.3, -0.25) is 0 Å². The van der Waals surface area contributed by atoms with E-state index in [9.17, 15) is 9.65 Å². The van der Waals surface area contributed by atoms with Crippen LogP contribution in [0.2, 0.25) is 0 Å². The van der Waals surface area contributed by atoms with E-state index in [4.69, 9.17) is 11.5 Å². The van der Waals surface area contributed by atoms with Gasteiger partial charge < -0.3 is 11.5 Å². The lowest BCUT2D eigenvalue weighted by molar-refractivity contribution is 0.627. The highest BCUT2D eigenvalue weighted by molar-refractivity contribution is 5.77. The zero-order valence-electron chi connectivity index (χ0n) is 13.0. The van der Waals surface area contributed by atoms with Crippen molar-refractivity contribution in [3.63, 3.8) is 0 Å². The molecule has 0 saturated heterocycles. The minimum atomic E-state index is -0.449. The lowest BCUT2D eigenvalue weighted by atomic mass is 10.0. The summed E-state index contributed by atoms with van der Waals surface area (Å²) in [6, 6.07) is 15.3. The Bertz CT molecular complexity index is 1040. The lowest BCUT2D eigenvalue weighted by Gasteiger charge is -2.08. The zero-order chi connectivity index (χ0) is 17.8. The fourth-order valence-electron chi connectivity index (χ4n) is 2.29. The molecular weight excluding hydrogens is 317 g/mol. The molecule has 0 atom stereocenters. The van der Waals surface area contributed by atoms with Gasteiger partial charge in [-0.25, -0.2) is 9.37 Å². The first-order valence-corrected chi connectivity index (χ1v) is 7.28. The maximum absolute atomic E-state index is 13.7. The molecule has 5 nitrogen and oxygen atoms in total. The third kappa shape index (κ3) is 3.39. The Morgan fingerprint density at radius 3 is 2.44 bits per heavy atom. The summed E-state index contributed by atoms with van der Waals surface area (Å²) < 4.78 is 13.7. The van der Waals surface area contributed by atoms with E-state index in [1.807, 2.05) is 36.4 Å². The standard InChI is InChI=1S/C19H12FN5/c20-14-8-9-15(17-16(11-21)18(22)25-19(23)24-17)13(10-14)7-6-12-4-2-1-3-5-12/h1-5,8-10H,(H4,22,23,24,25). The van der Waals surface area contributed by atoms with Crippen LogP contribution < -0.4 is 11.5 Å². The van der Waals surface area contributed by atoms with Crippen LogP contribution in [0.1, 0.15) is 16.7 Å². The summed E-state index contributed by atoms with van der Waals surface area (Å²) in [5.74, 6) is 5.33. The van der Waals surface area contributed by atoms with Gasteiger partial charge in [0.25, 0.3) is 0 Å². The van der Waals surface area contributed by atoms with Gasteiger partial charge in [-0.15, -0.1) is 0 Å². The van der Waals surface area contributed by atoms with Gasteiger partial charge in [0.1, 0.15) is 23.3 Å². The van der Waals surface area contributed by atoms with Crippen LogP contribution in [-0.2, 0) is 0 Å². The van der Waals surface area contributed by atoms with Crippen LogP contribution in [0.15, 0.2) is 48.5 Å². The van der Waals surface area contributed by atoms with E-state index in [1.54, 1.807) is 0 Å². The normalized spacial score (nSPS) is 9.76. The Hall–Kier alpha value is -3.90. The Balaban J connectivity index is 2.20. The fourth-order valence-corrected chi connectivity index (χ4v) is 2.29. The molecule has 3 aromatic rings. The molecule has 0 spiro atoms. The number of anilines is 2. The minimum Gasteiger partial charge on any atom is -0.382 e. The quantitative estimate of drug-likeness (QED) is 0.668. The van der Waals surface area contributed by atoms with Gasteiger partial charge in [0.15, 0.2) is 0 Å². The molecule has 0 unspecified atom stereocenters. The van der Waals surface area contributed by atoms with E-state index < -0.39 is 5.82 Å². The lowest BCUT2D eigenvalue weighted by Crippen LogP contribution is -2.05. The summed E-state index contributed by atoms with van der Waals surface area (Å²) in [5, 5.41) is 9.34. The van der Waals surface area contributed by atoms with Gasteiger partial charge in [-0.2, -0.15) is 10.2 Å². The topological polar surface area (TPSA) is 102 Å².